The normalized spacial score (nSPS) is 11.6. The quantitative estimate of drug-likeness (QED) is 0.373. The topological polar surface area (TPSA) is 106 Å². The molecule has 0 saturated carbocycles. The van der Waals surface area contributed by atoms with E-state index in [2.05, 4.69) is 15.0 Å². The maximum Gasteiger partial charge on any atom is 0.242 e. The molecule has 2 heterocycles. The molecule has 2 N–H and O–H groups in total. The van der Waals surface area contributed by atoms with Crippen LogP contribution in [0.1, 0.15) is 24.5 Å². The van der Waals surface area contributed by atoms with Crippen LogP contribution < -0.4 is 10.0 Å². The number of fused-ring (bicyclic) bond motifs is 1. The Balaban J connectivity index is 1.53. The predicted molar refractivity (Wildman–Crippen MR) is 133 cm³/mol. The van der Waals surface area contributed by atoms with Crippen LogP contribution in [0.5, 0.6) is 0 Å². The molecule has 0 saturated heterocycles. The van der Waals surface area contributed by atoms with Crippen molar-refractivity contribution in [1.29, 1.82) is 0 Å². The number of nitrogens with zero attached hydrogens (tertiary/aromatic N) is 3. The molecule has 0 unspecified atom stereocenters. The van der Waals surface area contributed by atoms with Crippen molar-refractivity contribution < 1.29 is 13.2 Å². The van der Waals surface area contributed by atoms with Crippen LogP contribution >= 0.6 is 0 Å². The monoisotopic (exact) mass is 477 g/mol. The zero-order valence-corrected chi connectivity index (χ0v) is 20.2. The molecular formula is C25H27N5O3S. The van der Waals surface area contributed by atoms with Crippen molar-refractivity contribution in [2.75, 3.05) is 11.9 Å². The smallest absolute Gasteiger partial charge is 0.242 e. The minimum absolute atomic E-state index is 0.0535. The summed E-state index contributed by atoms with van der Waals surface area (Å²) in [5.41, 5.74) is 4.73. The zero-order valence-electron chi connectivity index (χ0n) is 19.4. The molecule has 9 heteroatoms. The fraction of sp³-hybridized carbons (Fsp3) is 0.240. The Morgan fingerprint density at radius 3 is 2.50 bits per heavy atom. The number of amides is 1. The number of imidazole rings is 1. The van der Waals surface area contributed by atoms with Gasteiger partial charge in [0.1, 0.15) is 16.2 Å². The summed E-state index contributed by atoms with van der Waals surface area (Å²) in [6, 6.07) is 16.8. The molecule has 0 radical (unpaired) electrons. The molecule has 1 amide bonds. The van der Waals surface area contributed by atoms with Gasteiger partial charge in [0.25, 0.3) is 0 Å². The number of hydrogen-bond acceptors (Lipinski definition) is 5. The minimum Gasteiger partial charge on any atom is -0.325 e. The van der Waals surface area contributed by atoms with Gasteiger partial charge in [0, 0.05) is 31.8 Å². The molecule has 0 fully saturated rings. The summed E-state index contributed by atoms with van der Waals surface area (Å²) in [6.45, 7) is 5.94. The fourth-order valence-corrected chi connectivity index (χ4v) is 5.08. The number of hydrogen-bond donors (Lipinski definition) is 2. The Labute approximate surface area is 199 Å². The molecule has 0 aliphatic carbocycles. The molecule has 0 aliphatic heterocycles. The fourth-order valence-electron chi connectivity index (χ4n) is 3.76. The number of aryl methyl sites for hydroxylation is 3. The second kappa shape index (κ2) is 9.74. The lowest BCUT2D eigenvalue weighted by molar-refractivity contribution is -0.114. The van der Waals surface area contributed by atoms with E-state index >= 15 is 0 Å². The lowest BCUT2D eigenvalue weighted by atomic mass is 10.1. The standard InChI is InChI=1S/C25H27N5O3S/c1-17-7-10-20(11-8-17)24-29-22-6-4-13-26-25(22)30(24)15-5-14-27-34(32,33)23-16-18(2)9-12-21(23)28-19(3)31/h4,6-13,16,27H,5,14-15H2,1-3H3,(H,28,31). The second-order valence-corrected chi connectivity index (χ2v) is 9.97. The summed E-state index contributed by atoms with van der Waals surface area (Å²) in [4.78, 5) is 20.8. The van der Waals surface area contributed by atoms with Crippen molar-refractivity contribution >= 4 is 32.8 Å². The highest BCUT2D eigenvalue weighted by Crippen LogP contribution is 2.25. The summed E-state index contributed by atoms with van der Waals surface area (Å²) in [5.74, 6) is 0.464. The van der Waals surface area contributed by atoms with Crippen molar-refractivity contribution in [2.24, 2.45) is 0 Å². The van der Waals surface area contributed by atoms with Crippen molar-refractivity contribution in [1.82, 2.24) is 19.3 Å². The Hall–Kier alpha value is -3.56. The highest BCUT2D eigenvalue weighted by atomic mass is 32.2. The summed E-state index contributed by atoms with van der Waals surface area (Å²) in [6.07, 6.45) is 2.25. The Morgan fingerprint density at radius 2 is 1.76 bits per heavy atom. The van der Waals surface area contributed by atoms with E-state index in [1.54, 1.807) is 31.3 Å². The maximum absolute atomic E-state index is 13.0. The number of pyridine rings is 1. The molecule has 8 nitrogen and oxygen atoms in total. The molecule has 2 aromatic heterocycles. The molecule has 34 heavy (non-hydrogen) atoms. The molecule has 0 aliphatic rings. The van der Waals surface area contributed by atoms with Gasteiger partial charge in [-0.25, -0.2) is 23.1 Å². The third-order valence-corrected chi connectivity index (χ3v) is 6.90. The lowest BCUT2D eigenvalue weighted by Gasteiger charge is -2.13. The first kappa shape index (κ1) is 23.6. The van der Waals surface area contributed by atoms with Crippen molar-refractivity contribution in [3.63, 3.8) is 0 Å². The van der Waals surface area contributed by atoms with E-state index < -0.39 is 10.0 Å². The SMILES string of the molecule is CC(=O)Nc1ccc(C)cc1S(=O)(=O)NCCCn1c(-c2ccc(C)cc2)nc2cccnc21. The van der Waals surface area contributed by atoms with Gasteiger partial charge in [-0.05, 0) is 50.1 Å². The van der Waals surface area contributed by atoms with Crippen LogP contribution in [0.3, 0.4) is 0 Å². The molecule has 2 aromatic carbocycles. The van der Waals surface area contributed by atoms with Crippen LogP contribution in [0.15, 0.2) is 65.7 Å². The third kappa shape index (κ3) is 5.16. The van der Waals surface area contributed by atoms with E-state index in [1.807, 2.05) is 47.9 Å². The van der Waals surface area contributed by atoms with E-state index in [-0.39, 0.29) is 23.0 Å². The van der Waals surface area contributed by atoms with E-state index in [1.165, 1.54) is 6.92 Å². The van der Waals surface area contributed by atoms with E-state index in [0.29, 0.717) is 13.0 Å². The number of carbonyl (C=O) groups is 1. The molecule has 4 aromatic rings. The van der Waals surface area contributed by atoms with Crippen LogP contribution in [-0.4, -0.2) is 35.4 Å². The number of rotatable bonds is 8. The Kier molecular flexibility index (Phi) is 6.76. The van der Waals surface area contributed by atoms with Crippen LogP contribution in [0.25, 0.3) is 22.6 Å². The summed E-state index contributed by atoms with van der Waals surface area (Å²) < 4.78 is 30.7. The Bertz CT molecular complexity index is 1440. The minimum atomic E-state index is -3.81. The van der Waals surface area contributed by atoms with E-state index in [4.69, 9.17) is 4.98 Å². The third-order valence-electron chi connectivity index (χ3n) is 5.40. The molecule has 0 bridgehead atoms. The Morgan fingerprint density at radius 1 is 1.03 bits per heavy atom. The van der Waals surface area contributed by atoms with Gasteiger partial charge in [-0.2, -0.15) is 0 Å². The molecular weight excluding hydrogens is 450 g/mol. The van der Waals surface area contributed by atoms with Crippen LogP contribution in [-0.2, 0) is 21.4 Å². The first-order chi connectivity index (χ1) is 16.2. The highest BCUT2D eigenvalue weighted by Gasteiger charge is 2.20. The highest BCUT2D eigenvalue weighted by molar-refractivity contribution is 7.89. The van der Waals surface area contributed by atoms with Gasteiger partial charge in [0.15, 0.2) is 5.65 Å². The number of nitrogens with one attached hydrogen (secondary N) is 2. The van der Waals surface area contributed by atoms with Gasteiger partial charge in [0.05, 0.1) is 5.69 Å². The summed E-state index contributed by atoms with van der Waals surface area (Å²) >= 11 is 0. The van der Waals surface area contributed by atoms with Gasteiger partial charge in [-0.15, -0.1) is 0 Å². The molecule has 176 valence electrons. The van der Waals surface area contributed by atoms with Crippen LogP contribution in [0, 0.1) is 13.8 Å². The first-order valence-electron chi connectivity index (χ1n) is 11.0. The molecule has 0 atom stereocenters. The van der Waals surface area contributed by atoms with Gasteiger partial charge in [-0.1, -0.05) is 35.9 Å². The summed E-state index contributed by atoms with van der Waals surface area (Å²) in [5, 5.41) is 2.59. The van der Waals surface area contributed by atoms with Gasteiger partial charge in [-0.3, -0.25) is 4.79 Å². The number of anilines is 1. The van der Waals surface area contributed by atoms with E-state index in [9.17, 15) is 13.2 Å². The summed E-state index contributed by atoms with van der Waals surface area (Å²) in [7, 11) is -3.81. The number of carbonyl (C=O) groups excluding carboxylic acids is 1. The lowest BCUT2D eigenvalue weighted by Crippen LogP contribution is -2.27. The number of sulfonamides is 1. The largest absolute Gasteiger partial charge is 0.325 e. The van der Waals surface area contributed by atoms with Crippen LogP contribution in [0.2, 0.25) is 0 Å². The van der Waals surface area contributed by atoms with Gasteiger partial charge < -0.3 is 9.88 Å². The average Bonchev–Trinajstić information content (AvgIpc) is 3.16. The van der Waals surface area contributed by atoms with Crippen molar-refractivity contribution in [2.45, 2.75) is 38.6 Å². The van der Waals surface area contributed by atoms with Gasteiger partial charge >= 0.3 is 0 Å². The second-order valence-electron chi connectivity index (χ2n) is 8.23. The number of aromatic nitrogens is 3. The molecule has 4 rings (SSSR count). The number of benzene rings is 2. The maximum atomic E-state index is 13.0. The first-order valence-corrected chi connectivity index (χ1v) is 12.5. The molecule has 0 spiro atoms. The average molecular weight is 478 g/mol. The predicted octanol–water partition coefficient (Wildman–Crippen LogP) is 4.04. The van der Waals surface area contributed by atoms with Crippen molar-refractivity contribution in [3.05, 3.63) is 71.9 Å². The van der Waals surface area contributed by atoms with Crippen LogP contribution in [0.4, 0.5) is 5.69 Å². The van der Waals surface area contributed by atoms with E-state index in [0.717, 1.165) is 33.7 Å². The van der Waals surface area contributed by atoms with Gasteiger partial charge in [0.2, 0.25) is 15.9 Å². The zero-order chi connectivity index (χ0) is 24.3. The van der Waals surface area contributed by atoms with Crippen molar-refractivity contribution in [3.8, 4) is 11.4 Å².